The maximum absolute atomic E-state index is 5.84. The second kappa shape index (κ2) is 5.27. The predicted octanol–water partition coefficient (Wildman–Crippen LogP) is 2.15. The number of fused-ring (bicyclic) bond motifs is 1. The van der Waals surface area contributed by atoms with E-state index < -0.39 is 0 Å². The smallest absolute Gasteiger partial charge is 0.269 e. The zero-order valence-electron chi connectivity index (χ0n) is 10.6. The molecule has 0 saturated carbocycles. The van der Waals surface area contributed by atoms with Gasteiger partial charge in [0.2, 0.25) is 0 Å². The van der Waals surface area contributed by atoms with E-state index in [1.54, 1.807) is 0 Å². The van der Waals surface area contributed by atoms with Gasteiger partial charge in [0.25, 0.3) is 5.89 Å². The summed E-state index contributed by atoms with van der Waals surface area (Å²) in [6.45, 7) is 3.51. The van der Waals surface area contributed by atoms with Gasteiger partial charge in [-0.15, -0.1) is 0 Å². The minimum Gasteiger partial charge on any atom is -0.477 e. The minimum absolute atomic E-state index is 0.266. The molecule has 2 aromatic rings. The van der Waals surface area contributed by atoms with Gasteiger partial charge in [0, 0.05) is 6.61 Å². The fraction of sp³-hybridized carbons (Fsp3) is 0.385. The fourth-order valence-electron chi connectivity index (χ4n) is 1.90. The first-order valence-corrected chi connectivity index (χ1v) is 6.26. The molecule has 1 N–H and O–H groups in total. The van der Waals surface area contributed by atoms with Crippen LogP contribution < -0.4 is 10.1 Å². The molecule has 0 amide bonds. The number of hydrogen-bond acceptors (Lipinski definition) is 6. The molecular formula is C13H15N3O3. The van der Waals surface area contributed by atoms with Gasteiger partial charge in [0.05, 0.1) is 12.2 Å². The van der Waals surface area contributed by atoms with Crippen LogP contribution in [0, 0.1) is 0 Å². The molecule has 0 fully saturated rings. The molecule has 0 aliphatic carbocycles. The van der Waals surface area contributed by atoms with Crippen molar-refractivity contribution < 1.29 is 14.0 Å². The summed E-state index contributed by atoms with van der Waals surface area (Å²) in [6, 6.07) is 7.77. The lowest BCUT2D eigenvalue weighted by Gasteiger charge is -2.24. The molecule has 0 radical (unpaired) electrons. The molecule has 1 aliphatic rings. The van der Waals surface area contributed by atoms with Crippen molar-refractivity contribution in [1.82, 2.24) is 10.1 Å². The molecule has 100 valence electrons. The molecule has 1 aromatic heterocycles. The topological polar surface area (TPSA) is 69.4 Å². The molecule has 3 rings (SSSR count). The Morgan fingerprint density at radius 2 is 2.32 bits per heavy atom. The van der Waals surface area contributed by atoms with Crippen LogP contribution in [-0.4, -0.2) is 23.3 Å². The number of ether oxygens (including phenoxy) is 2. The lowest BCUT2D eigenvalue weighted by molar-refractivity contribution is 0.126. The Bertz CT molecular complexity index is 556. The molecule has 6 heteroatoms. The summed E-state index contributed by atoms with van der Waals surface area (Å²) in [7, 11) is 0. The number of nitrogens with one attached hydrogen (secondary N) is 1. The largest absolute Gasteiger partial charge is 0.477 e. The molecule has 19 heavy (non-hydrogen) atoms. The number of rotatable bonds is 4. The summed E-state index contributed by atoms with van der Waals surface area (Å²) in [5.41, 5.74) is 0.979. The summed E-state index contributed by atoms with van der Waals surface area (Å²) in [6.07, 6.45) is -0.266. The summed E-state index contributed by atoms with van der Waals surface area (Å²) >= 11 is 0. The average molecular weight is 261 g/mol. The van der Waals surface area contributed by atoms with Crippen LogP contribution in [0.5, 0.6) is 5.75 Å². The lowest BCUT2D eigenvalue weighted by Crippen LogP contribution is -2.23. The Labute approximate surface area is 110 Å². The van der Waals surface area contributed by atoms with Gasteiger partial charge in [-0.25, -0.2) is 0 Å². The van der Waals surface area contributed by atoms with E-state index in [4.69, 9.17) is 14.0 Å². The van der Waals surface area contributed by atoms with E-state index in [0.29, 0.717) is 31.5 Å². The monoisotopic (exact) mass is 261 g/mol. The molecule has 1 atom stereocenters. The quantitative estimate of drug-likeness (QED) is 0.909. The number of para-hydroxylation sites is 2. The molecule has 0 bridgehead atoms. The number of hydrogen-bond donors (Lipinski definition) is 1. The van der Waals surface area contributed by atoms with Gasteiger partial charge in [0.15, 0.2) is 11.9 Å². The summed E-state index contributed by atoms with van der Waals surface area (Å²) in [5, 5.41) is 7.15. The van der Waals surface area contributed by atoms with Crippen molar-refractivity contribution in [2.24, 2.45) is 0 Å². The number of benzene rings is 1. The highest BCUT2D eigenvalue weighted by atomic mass is 16.5. The third kappa shape index (κ3) is 2.53. The van der Waals surface area contributed by atoms with Crippen molar-refractivity contribution in [2.75, 3.05) is 18.5 Å². The molecule has 6 nitrogen and oxygen atoms in total. The maximum Gasteiger partial charge on any atom is 0.269 e. The van der Waals surface area contributed by atoms with E-state index in [1.165, 1.54) is 0 Å². The van der Waals surface area contributed by atoms with E-state index in [2.05, 4.69) is 15.5 Å². The van der Waals surface area contributed by atoms with Crippen LogP contribution >= 0.6 is 0 Å². The first-order valence-electron chi connectivity index (χ1n) is 6.26. The first-order chi connectivity index (χ1) is 9.36. The van der Waals surface area contributed by atoms with Crippen LogP contribution in [-0.2, 0) is 11.3 Å². The maximum atomic E-state index is 5.84. The van der Waals surface area contributed by atoms with Crippen LogP contribution in [0.25, 0.3) is 0 Å². The first kappa shape index (κ1) is 12.0. The molecule has 0 saturated heterocycles. The molecule has 1 aromatic carbocycles. The van der Waals surface area contributed by atoms with E-state index >= 15 is 0 Å². The Morgan fingerprint density at radius 1 is 1.42 bits per heavy atom. The van der Waals surface area contributed by atoms with Crippen molar-refractivity contribution in [3.8, 4) is 5.75 Å². The third-order valence-electron chi connectivity index (χ3n) is 2.83. The van der Waals surface area contributed by atoms with Gasteiger partial charge in [-0.05, 0) is 19.1 Å². The number of nitrogens with zero attached hydrogens (tertiary/aromatic N) is 2. The Morgan fingerprint density at radius 3 is 3.21 bits per heavy atom. The van der Waals surface area contributed by atoms with Crippen LogP contribution in [0.1, 0.15) is 24.7 Å². The van der Waals surface area contributed by atoms with Gasteiger partial charge in [-0.3, -0.25) is 0 Å². The molecule has 1 aliphatic heterocycles. The summed E-state index contributed by atoms with van der Waals surface area (Å²) in [5.74, 6) is 1.80. The highest BCUT2D eigenvalue weighted by Crippen LogP contribution is 2.33. The summed E-state index contributed by atoms with van der Waals surface area (Å²) in [4.78, 5) is 4.28. The van der Waals surface area contributed by atoms with Crippen LogP contribution in [0.2, 0.25) is 0 Å². The number of anilines is 1. The van der Waals surface area contributed by atoms with Crippen molar-refractivity contribution in [3.63, 3.8) is 0 Å². The zero-order chi connectivity index (χ0) is 13.1. The van der Waals surface area contributed by atoms with Gasteiger partial charge in [0.1, 0.15) is 12.4 Å². The number of aromatic nitrogens is 2. The SMILES string of the molecule is CCOCc1noc(C2CNc3ccccc3O2)n1. The van der Waals surface area contributed by atoms with Crippen LogP contribution in [0.4, 0.5) is 5.69 Å². The average Bonchev–Trinajstić information content (AvgIpc) is 2.93. The predicted molar refractivity (Wildman–Crippen MR) is 67.9 cm³/mol. The highest BCUT2D eigenvalue weighted by Gasteiger charge is 2.25. The van der Waals surface area contributed by atoms with Crippen molar-refractivity contribution >= 4 is 5.69 Å². The summed E-state index contributed by atoms with van der Waals surface area (Å²) < 4.78 is 16.3. The molecular weight excluding hydrogens is 246 g/mol. The van der Waals surface area contributed by atoms with Gasteiger partial charge in [-0.2, -0.15) is 4.98 Å². The van der Waals surface area contributed by atoms with Crippen molar-refractivity contribution in [1.29, 1.82) is 0 Å². The Balaban J connectivity index is 1.72. The minimum atomic E-state index is -0.266. The van der Waals surface area contributed by atoms with Crippen LogP contribution in [0.3, 0.4) is 0 Å². The molecule has 2 heterocycles. The molecule has 1 unspecified atom stereocenters. The second-order valence-electron chi connectivity index (χ2n) is 4.17. The zero-order valence-corrected chi connectivity index (χ0v) is 10.6. The standard InChI is InChI=1S/C13H15N3O3/c1-2-17-8-12-15-13(19-16-12)11-7-14-9-5-3-4-6-10(9)18-11/h3-6,11,14H,2,7-8H2,1H3. The van der Waals surface area contributed by atoms with E-state index in [-0.39, 0.29) is 6.10 Å². The second-order valence-corrected chi connectivity index (χ2v) is 4.17. The molecule has 0 spiro atoms. The highest BCUT2D eigenvalue weighted by molar-refractivity contribution is 5.57. The van der Waals surface area contributed by atoms with Gasteiger partial charge in [-0.1, -0.05) is 17.3 Å². The van der Waals surface area contributed by atoms with E-state index in [9.17, 15) is 0 Å². The lowest BCUT2D eigenvalue weighted by atomic mass is 10.2. The van der Waals surface area contributed by atoms with Gasteiger partial charge >= 0.3 is 0 Å². The van der Waals surface area contributed by atoms with Gasteiger partial charge < -0.3 is 19.3 Å². The Kier molecular flexibility index (Phi) is 3.33. The van der Waals surface area contributed by atoms with Crippen molar-refractivity contribution in [2.45, 2.75) is 19.6 Å². The van der Waals surface area contributed by atoms with E-state index in [0.717, 1.165) is 11.4 Å². The Hall–Kier alpha value is -2.08. The van der Waals surface area contributed by atoms with Crippen LogP contribution in [0.15, 0.2) is 28.8 Å². The third-order valence-corrected chi connectivity index (χ3v) is 2.83. The normalized spacial score (nSPS) is 17.4. The van der Waals surface area contributed by atoms with Crippen molar-refractivity contribution in [3.05, 3.63) is 36.0 Å². The fourth-order valence-corrected chi connectivity index (χ4v) is 1.90. The van der Waals surface area contributed by atoms with E-state index in [1.807, 2.05) is 31.2 Å².